The summed E-state index contributed by atoms with van der Waals surface area (Å²) in [4.78, 5) is 12.5. The molecule has 2 heterocycles. The second kappa shape index (κ2) is 5.49. The maximum atomic E-state index is 13.8. The second-order valence-corrected chi connectivity index (χ2v) is 6.40. The van der Waals surface area contributed by atoms with Crippen LogP contribution in [0.4, 0.5) is 4.39 Å². The van der Waals surface area contributed by atoms with Crippen LogP contribution in [0.2, 0.25) is 0 Å². The average molecular weight is 314 g/mol. The van der Waals surface area contributed by atoms with Crippen LogP contribution < -0.4 is 10.6 Å². The van der Waals surface area contributed by atoms with Crippen LogP contribution in [0.25, 0.3) is 11.3 Å². The molecule has 1 aliphatic carbocycles. The Morgan fingerprint density at radius 2 is 2.09 bits per heavy atom. The fraction of sp³-hybridized carbons (Fsp3) is 0.389. The van der Waals surface area contributed by atoms with E-state index >= 15 is 0 Å². The molecule has 4 rings (SSSR count). The van der Waals surface area contributed by atoms with Crippen molar-refractivity contribution in [3.8, 4) is 11.3 Å². The monoisotopic (exact) mass is 314 g/mol. The lowest BCUT2D eigenvalue weighted by Gasteiger charge is -2.24. The van der Waals surface area contributed by atoms with Crippen LogP contribution in [0.3, 0.4) is 0 Å². The van der Waals surface area contributed by atoms with Crippen molar-refractivity contribution in [2.45, 2.75) is 37.3 Å². The Bertz CT molecular complexity index is 730. The first-order valence-electron chi connectivity index (χ1n) is 8.09. The molecule has 2 aliphatic rings. The summed E-state index contributed by atoms with van der Waals surface area (Å²) < 4.78 is 19.4. The van der Waals surface area contributed by atoms with E-state index in [0.717, 1.165) is 32.2 Å². The van der Waals surface area contributed by atoms with Crippen LogP contribution in [-0.4, -0.2) is 24.0 Å². The highest BCUT2D eigenvalue weighted by Crippen LogP contribution is 2.42. The number of benzene rings is 1. The van der Waals surface area contributed by atoms with Crippen molar-refractivity contribution in [1.82, 2.24) is 10.6 Å². The minimum absolute atomic E-state index is 0.126. The first-order chi connectivity index (χ1) is 11.2. The number of halogens is 1. The summed E-state index contributed by atoms with van der Waals surface area (Å²) in [6.07, 6.45) is 4.24. The molecule has 0 bridgehead atoms. The highest BCUT2D eigenvalue weighted by Gasteiger charge is 2.51. The summed E-state index contributed by atoms with van der Waals surface area (Å²) in [5.41, 5.74) is 0.239. The highest BCUT2D eigenvalue weighted by atomic mass is 19.1. The molecule has 1 amide bonds. The molecule has 1 saturated heterocycles. The Kier molecular flexibility index (Phi) is 3.45. The fourth-order valence-corrected chi connectivity index (χ4v) is 3.40. The van der Waals surface area contributed by atoms with Gasteiger partial charge in [0.15, 0.2) is 5.76 Å². The molecule has 1 aromatic carbocycles. The number of nitrogens with one attached hydrogen (secondary N) is 2. The van der Waals surface area contributed by atoms with Crippen molar-refractivity contribution in [3.05, 3.63) is 48.0 Å². The lowest BCUT2D eigenvalue weighted by Crippen LogP contribution is -2.49. The summed E-state index contributed by atoms with van der Waals surface area (Å²) in [7, 11) is 0. The molecular formula is C18H19FN2O2. The molecule has 23 heavy (non-hydrogen) atoms. The Morgan fingerprint density at radius 3 is 2.78 bits per heavy atom. The normalized spacial score (nSPS) is 22.0. The molecule has 120 valence electrons. The number of hydrogen-bond acceptors (Lipinski definition) is 3. The molecule has 5 heteroatoms. The lowest BCUT2D eigenvalue weighted by atomic mass is 10.0. The smallest absolute Gasteiger partial charge is 0.287 e. The van der Waals surface area contributed by atoms with Gasteiger partial charge in [-0.1, -0.05) is 12.1 Å². The molecule has 1 unspecified atom stereocenters. The van der Waals surface area contributed by atoms with E-state index < -0.39 is 0 Å². The van der Waals surface area contributed by atoms with E-state index in [1.54, 1.807) is 30.3 Å². The molecule has 4 nitrogen and oxygen atoms in total. The quantitative estimate of drug-likeness (QED) is 0.912. The van der Waals surface area contributed by atoms with Crippen LogP contribution in [0.15, 0.2) is 40.8 Å². The molecule has 1 aromatic heterocycles. The molecule has 2 fully saturated rings. The number of carbonyl (C=O) groups is 1. The van der Waals surface area contributed by atoms with Crippen LogP contribution in [0.5, 0.6) is 0 Å². The van der Waals surface area contributed by atoms with Gasteiger partial charge in [0.1, 0.15) is 11.6 Å². The predicted octanol–water partition coefficient (Wildman–Crippen LogP) is 3.10. The SMILES string of the molecule is O=C(NC1(C2CCCN2)CC1)c1ccc(-c2ccccc2F)o1. The van der Waals surface area contributed by atoms with E-state index in [-0.39, 0.29) is 23.0 Å². The van der Waals surface area contributed by atoms with Gasteiger partial charge in [0, 0.05) is 6.04 Å². The minimum Gasteiger partial charge on any atom is -0.451 e. The summed E-state index contributed by atoms with van der Waals surface area (Å²) in [6, 6.07) is 9.98. The van der Waals surface area contributed by atoms with Gasteiger partial charge in [-0.05, 0) is 56.5 Å². The molecule has 2 N–H and O–H groups in total. The molecule has 1 aliphatic heterocycles. The third kappa shape index (κ3) is 2.65. The molecule has 2 aromatic rings. The van der Waals surface area contributed by atoms with Gasteiger partial charge >= 0.3 is 0 Å². The summed E-state index contributed by atoms with van der Waals surface area (Å²) in [5, 5.41) is 6.58. The lowest BCUT2D eigenvalue weighted by molar-refractivity contribution is 0.0894. The van der Waals surface area contributed by atoms with Gasteiger partial charge in [-0.3, -0.25) is 4.79 Å². The maximum absolute atomic E-state index is 13.8. The van der Waals surface area contributed by atoms with Crippen LogP contribution in [-0.2, 0) is 0 Å². The van der Waals surface area contributed by atoms with Crippen molar-refractivity contribution in [1.29, 1.82) is 0 Å². The first kappa shape index (κ1) is 14.5. The van der Waals surface area contributed by atoms with Crippen molar-refractivity contribution >= 4 is 5.91 Å². The number of amides is 1. The standard InChI is InChI=1S/C18H19FN2O2/c19-13-5-2-1-4-12(13)14-7-8-15(23-14)17(22)21-18(9-10-18)16-6-3-11-20-16/h1-2,4-5,7-8,16,20H,3,6,9-11H2,(H,21,22). The Morgan fingerprint density at radius 1 is 1.26 bits per heavy atom. The molecule has 0 radical (unpaired) electrons. The van der Waals surface area contributed by atoms with Gasteiger partial charge in [-0.15, -0.1) is 0 Å². The van der Waals surface area contributed by atoms with Crippen molar-refractivity contribution in [2.75, 3.05) is 6.54 Å². The zero-order valence-corrected chi connectivity index (χ0v) is 12.8. The fourth-order valence-electron chi connectivity index (χ4n) is 3.40. The van der Waals surface area contributed by atoms with Crippen molar-refractivity contribution in [2.24, 2.45) is 0 Å². The second-order valence-electron chi connectivity index (χ2n) is 6.40. The minimum atomic E-state index is -0.359. The van der Waals surface area contributed by atoms with Crippen LogP contribution >= 0.6 is 0 Å². The predicted molar refractivity (Wildman–Crippen MR) is 84.6 cm³/mol. The number of carbonyl (C=O) groups excluding carboxylic acids is 1. The van der Waals surface area contributed by atoms with Crippen LogP contribution in [0, 0.1) is 5.82 Å². The van der Waals surface area contributed by atoms with Crippen molar-refractivity contribution < 1.29 is 13.6 Å². The first-order valence-corrected chi connectivity index (χ1v) is 8.09. The molecule has 1 saturated carbocycles. The third-order valence-corrected chi connectivity index (χ3v) is 4.85. The Hall–Kier alpha value is -2.14. The van der Waals surface area contributed by atoms with Crippen molar-refractivity contribution in [3.63, 3.8) is 0 Å². The zero-order chi connectivity index (χ0) is 15.9. The van der Waals surface area contributed by atoms with E-state index in [4.69, 9.17) is 4.42 Å². The van der Waals surface area contributed by atoms with Gasteiger partial charge in [-0.25, -0.2) is 4.39 Å². The zero-order valence-electron chi connectivity index (χ0n) is 12.8. The van der Waals surface area contributed by atoms with E-state index in [1.165, 1.54) is 6.07 Å². The van der Waals surface area contributed by atoms with E-state index in [1.807, 2.05) is 0 Å². The number of furan rings is 1. The van der Waals surface area contributed by atoms with Gasteiger partial charge < -0.3 is 15.1 Å². The number of rotatable bonds is 4. The van der Waals surface area contributed by atoms with Gasteiger partial charge in [0.05, 0.1) is 11.1 Å². The summed E-state index contributed by atoms with van der Waals surface area (Å²) in [5.74, 6) is 0.0195. The largest absolute Gasteiger partial charge is 0.451 e. The topological polar surface area (TPSA) is 54.3 Å². The van der Waals surface area contributed by atoms with E-state index in [2.05, 4.69) is 10.6 Å². The van der Waals surface area contributed by atoms with E-state index in [0.29, 0.717) is 17.4 Å². The molecule has 0 spiro atoms. The average Bonchev–Trinajstić information content (AvgIpc) is 2.99. The number of hydrogen-bond donors (Lipinski definition) is 2. The molecule has 1 atom stereocenters. The molecular weight excluding hydrogens is 295 g/mol. The maximum Gasteiger partial charge on any atom is 0.287 e. The third-order valence-electron chi connectivity index (χ3n) is 4.85. The Labute approximate surface area is 134 Å². The highest BCUT2D eigenvalue weighted by molar-refractivity contribution is 5.93. The van der Waals surface area contributed by atoms with Gasteiger partial charge in [-0.2, -0.15) is 0 Å². The summed E-state index contributed by atoms with van der Waals surface area (Å²) in [6.45, 7) is 1.01. The van der Waals surface area contributed by atoms with Crippen LogP contribution in [0.1, 0.15) is 36.2 Å². The van der Waals surface area contributed by atoms with E-state index in [9.17, 15) is 9.18 Å². The van der Waals surface area contributed by atoms with Gasteiger partial charge in [0.25, 0.3) is 5.91 Å². The summed E-state index contributed by atoms with van der Waals surface area (Å²) >= 11 is 0. The van der Waals surface area contributed by atoms with Gasteiger partial charge in [0.2, 0.25) is 0 Å². The Balaban J connectivity index is 1.51.